The van der Waals surface area contributed by atoms with Crippen molar-refractivity contribution in [1.29, 1.82) is 0 Å². The van der Waals surface area contributed by atoms with E-state index in [-0.39, 0.29) is 5.97 Å². The van der Waals surface area contributed by atoms with Crippen LogP contribution in [-0.2, 0) is 9.53 Å². The summed E-state index contributed by atoms with van der Waals surface area (Å²) in [5.74, 6) is 0.339. The van der Waals surface area contributed by atoms with Crippen molar-refractivity contribution in [2.24, 2.45) is 5.92 Å². The van der Waals surface area contributed by atoms with E-state index in [0.717, 1.165) is 12.8 Å². The van der Waals surface area contributed by atoms with Gasteiger partial charge >= 0.3 is 5.97 Å². The van der Waals surface area contributed by atoms with Gasteiger partial charge in [-0.3, -0.25) is 4.79 Å². The van der Waals surface area contributed by atoms with Crippen molar-refractivity contribution in [2.45, 2.75) is 149 Å². The molecule has 0 unspecified atom stereocenters. The fraction of sp³-hybridized carbons (Fsp3) is 0.889. The van der Waals surface area contributed by atoms with E-state index in [1.54, 1.807) is 6.26 Å². The van der Waals surface area contributed by atoms with E-state index in [9.17, 15) is 4.79 Å². The summed E-state index contributed by atoms with van der Waals surface area (Å²) in [6.07, 6.45) is 30.1. The summed E-state index contributed by atoms with van der Waals surface area (Å²) >= 11 is 0. The molecule has 0 spiro atoms. The smallest absolute Gasteiger partial charge is 0.310 e. The minimum absolute atomic E-state index is 0.0890. The highest BCUT2D eigenvalue weighted by molar-refractivity contribution is 5.69. The first kappa shape index (κ1) is 28.2. The topological polar surface area (TPSA) is 26.3 Å². The molecule has 0 radical (unpaired) electrons. The van der Waals surface area contributed by atoms with Crippen molar-refractivity contribution < 1.29 is 9.53 Å². The molecule has 0 rings (SSSR count). The Bertz CT molecular complexity index is 360. The Hall–Kier alpha value is -0.790. The number of carbonyl (C=O) groups is 1. The Morgan fingerprint density at radius 1 is 0.621 bits per heavy atom. The van der Waals surface area contributed by atoms with Gasteiger partial charge in [-0.05, 0) is 18.4 Å². The molecule has 0 aliphatic carbocycles. The first-order valence-electron chi connectivity index (χ1n) is 13.0. The van der Waals surface area contributed by atoms with E-state index in [2.05, 4.69) is 20.8 Å². The highest BCUT2D eigenvalue weighted by Gasteiger charge is 2.01. The second kappa shape index (κ2) is 23.5. The van der Waals surface area contributed by atoms with E-state index < -0.39 is 0 Å². The third-order valence-electron chi connectivity index (χ3n) is 5.65. The number of rotatable bonds is 22. The van der Waals surface area contributed by atoms with Crippen LogP contribution in [0.2, 0.25) is 0 Å². The van der Waals surface area contributed by atoms with E-state index in [4.69, 9.17) is 4.74 Å². The van der Waals surface area contributed by atoms with Gasteiger partial charge in [-0.25, -0.2) is 0 Å². The maximum Gasteiger partial charge on any atom is 0.310 e. The standard InChI is InChI=1S/C27H52O2/c1-4-5-6-7-8-9-10-11-12-13-14-15-16-17-18-19-20-21-22-23-27(28)29-25-24-26(2)3/h24-26H,4-23H2,1-3H3. The molecule has 0 amide bonds. The zero-order valence-corrected chi connectivity index (χ0v) is 20.2. The number of esters is 1. The summed E-state index contributed by atoms with van der Waals surface area (Å²) in [6.45, 7) is 6.43. The lowest BCUT2D eigenvalue weighted by Gasteiger charge is -2.04. The van der Waals surface area contributed by atoms with E-state index in [0.29, 0.717) is 12.3 Å². The van der Waals surface area contributed by atoms with Crippen molar-refractivity contribution >= 4 is 5.97 Å². The van der Waals surface area contributed by atoms with E-state index >= 15 is 0 Å². The van der Waals surface area contributed by atoms with Crippen molar-refractivity contribution in [2.75, 3.05) is 0 Å². The predicted octanol–water partition coefficient (Wildman–Crippen LogP) is 9.52. The van der Waals surface area contributed by atoms with Crippen molar-refractivity contribution in [3.63, 3.8) is 0 Å². The van der Waals surface area contributed by atoms with Crippen LogP contribution in [0.25, 0.3) is 0 Å². The number of allylic oxidation sites excluding steroid dienone is 1. The molecular formula is C27H52O2. The monoisotopic (exact) mass is 408 g/mol. The summed E-state index contributed by atoms with van der Waals surface area (Å²) in [5, 5.41) is 0. The average molecular weight is 409 g/mol. The van der Waals surface area contributed by atoms with Gasteiger partial charge in [-0.1, -0.05) is 136 Å². The largest absolute Gasteiger partial charge is 0.435 e. The Kier molecular flexibility index (Phi) is 22.8. The molecule has 0 atom stereocenters. The van der Waals surface area contributed by atoms with Crippen molar-refractivity contribution in [3.05, 3.63) is 12.3 Å². The Balaban J connectivity index is 3.12. The Morgan fingerprint density at radius 2 is 0.966 bits per heavy atom. The molecule has 0 N–H and O–H groups in total. The molecule has 2 nitrogen and oxygen atoms in total. The van der Waals surface area contributed by atoms with Crippen molar-refractivity contribution in [3.8, 4) is 0 Å². The fourth-order valence-corrected chi connectivity index (χ4v) is 3.68. The van der Waals surface area contributed by atoms with Crippen LogP contribution in [-0.4, -0.2) is 5.97 Å². The summed E-state index contributed by atoms with van der Waals surface area (Å²) < 4.78 is 5.07. The minimum atomic E-state index is -0.0890. The first-order valence-corrected chi connectivity index (χ1v) is 13.0. The van der Waals surface area contributed by atoms with Crippen LogP contribution in [0, 0.1) is 5.92 Å². The van der Waals surface area contributed by atoms with Crippen LogP contribution in [0.4, 0.5) is 0 Å². The normalized spacial score (nSPS) is 11.6. The third-order valence-corrected chi connectivity index (χ3v) is 5.65. The van der Waals surface area contributed by atoms with Gasteiger partial charge in [0.25, 0.3) is 0 Å². The van der Waals surface area contributed by atoms with E-state index in [1.165, 1.54) is 109 Å². The quantitative estimate of drug-likeness (QED) is 0.101. The summed E-state index contributed by atoms with van der Waals surface area (Å²) in [6, 6.07) is 0. The Morgan fingerprint density at radius 3 is 1.31 bits per heavy atom. The van der Waals surface area contributed by atoms with Gasteiger partial charge in [0, 0.05) is 6.42 Å². The maximum absolute atomic E-state index is 11.5. The predicted molar refractivity (Wildman–Crippen MR) is 128 cm³/mol. The van der Waals surface area contributed by atoms with Gasteiger partial charge < -0.3 is 4.74 Å². The number of carbonyl (C=O) groups excluding carboxylic acids is 1. The lowest BCUT2D eigenvalue weighted by molar-refractivity contribution is -0.138. The lowest BCUT2D eigenvalue weighted by Crippen LogP contribution is -1.99. The van der Waals surface area contributed by atoms with Crippen LogP contribution in [0.3, 0.4) is 0 Å². The Labute approximate surface area is 183 Å². The van der Waals surface area contributed by atoms with Crippen LogP contribution in [0.1, 0.15) is 149 Å². The zero-order chi connectivity index (χ0) is 21.4. The summed E-state index contributed by atoms with van der Waals surface area (Å²) in [5.41, 5.74) is 0. The second-order valence-electron chi connectivity index (χ2n) is 9.18. The van der Waals surface area contributed by atoms with Crippen LogP contribution < -0.4 is 0 Å². The average Bonchev–Trinajstić information content (AvgIpc) is 2.69. The highest BCUT2D eigenvalue weighted by atomic mass is 16.5. The van der Waals surface area contributed by atoms with Crippen LogP contribution >= 0.6 is 0 Å². The number of ether oxygens (including phenoxy) is 1. The molecule has 0 saturated carbocycles. The molecule has 0 aliphatic heterocycles. The fourth-order valence-electron chi connectivity index (χ4n) is 3.68. The molecule has 172 valence electrons. The molecule has 0 fully saturated rings. The maximum atomic E-state index is 11.5. The minimum Gasteiger partial charge on any atom is -0.435 e. The third kappa shape index (κ3) is 25.2. The van der Waals surface area contributed by atoms with Gasteiger partial charge in [0.2, 0.25) is 0 Å². The van der Waals surface area contributed by atoms with Gasteiger partial charge in [0.05, 0.1) is 6.26 Å². The zero-order valence-electron chi connectivity index (χ0n) is 20.2. The molecule has 0 bridgehead atoms. The summed E-state index contributed by atoms with van der Waals surface area (Å²) in [7, 11) is 0. The molecule has 0 saturated heterocycles. The molecule has 2 heteroatoms. The second-order valence-corrected chi connectivity index (χ2v) is 9.18. The first-order chi connectivity index (χ1) is 14.2. The van der Waals surface area contributed by atoms with Gasteiger partial charge in [0.1, 0.15) is 0 Å². The molecule has 0 aromatic rings. The molecule has 29 heavy (non-hydrogen) atoms. The number of hydrogen-bond donors (Lipinski definition) is 0. The highest BCUT2D eigenvalue weighted by Crippen LogP contribution is 2.14. The molecule has 0 heterocycles. The molecule has 0 aliphatic rings. The van der Waals surface area contributed by atoms with Crippen LogP contribution in [0.15, 0.2) is 12.3 Å². The SMILES string of the molecule is CCCCCCCCCCCCCCCCCCCCCC(=O)OC=CC(C)C. The van der Waals surface area contributed by atoms with Crippen LogP contribution in [0.5, 0.6) is 0 Å². The summed E-state index contributed by atoms with van der Waals surface area (Å²) in [4.78, 5) is 11.5. The molecule has 0 aromatic carbocycles. The molecular weight excluding hydrogens is 356 g/mol. The molecule has 0 aromatic heterocycles. The number of unbranched alkanes of at least 4 members (excludes halogenated alkanes) is 18. The van der Waals surface area contributed by atoms with Gasteiger partial charge in [-0.2, -0.15) is 0 Å². The number of hydrogen-bond acceptors (Lipinski definition) is 2. The van der Waals surface area contributed by atoms with Crippen molar-refractivity contribution in [1.82, 2.24) is 0 Å². The van der Waals surface area contributed by atoms with Gasteiger partial charge in [-0.15, -0.1) is 0 Å². The van der Waals surface area contributed by atoms with Gasteiger partial charge in [0.15, 0.2) is 0 Å². The van der Waals surface area contributed by atoms with E-state index in [1.807, 2.05) is 6.08 Å². The lowest BCUT2D eigenvalue weighted by atomic mass is 10.0.